The number of fused-ring (bicyclic) bond motifs is 1. The Morgan fingerprint density at radius 1 is 1.35 bits per heavy atom. The molecule has 6 heteroatoms. The van der Waals surface area contributed by atoms with Crippen molar-refractivity contribution in [2.45, 2.75) is 13.0 Å². The van der Waals surface area contributed by atoms with Crippen molar-refractivity contribution in [2.75, 3.05) is 0 Å². The Kier molecular flexibility index (Phi) is 8.13. The molecule has 0 bridgehead atoms. The van der Waals surface area contributed by atoms with Crippen molar-refractivity contribution in [3.05, 3.63) is 49.2 Å². The Hall–Kier alpha value is -2.60. The number of aromatic nitrogens is 1. The number of nitrogens with two attached hydrogens (primary N) is 1. The van der Waals surface area contributed by atoms with E-state index in [4.69, 9.17) is 10.2 Å². The molecule has 1 atom stereocenters. The highest BCUT2D eigenvalue weighted by atomic mass is 16.4. The number of carboxylic acids is 1. The van der Waals surface area contributed by atoms with Gasteiger partial charge < -0.3 is 20.9 Å². The first-order valence-electron chi connectivity index (χ1n) is 5.73. The molecule has 5 N–H and O–H groups in total. The lowest BCUT2D eigenvalue weighted by Gasteiger charge is -1.89. The number of aliphatic carboxylic acids is 1. The predicted molar refractivity (Wildman–Crippen MR) is 77.0 cm³/mol. The summed E-state index contributed by atoms with van der Waals surface area (Å²) in [4.78, 5) is 22.0. The third kappa shape index (κ3) is 7.67. The number of hydrogen-bond donors (Lipinski definition) is 4. The Labute approximate surface area is 116 Å². The number of aliphatic hydroxyl groups is 1. The second-order valence-corrected chi connectivity index (χ2v) is 3.69. The van der Waals surface area contributed by atoms with Gasteiger partial charge in [0, 0.05) is 11.7 Å². The molecule has 2 aromatic rings. The van der Waals surface area contributed by atoms with E-state index < -0.39 is 18.0 Å². The van der Waals surface area contributed by atoms with Crippen LogP contribution in [0, 0.1) is 0 Å². The van der Waals surface area contributed by atoms with Crippen LogP contribution in [-0.2, 0) is 9.59 Å². The largest absolute Gasteiger partial charge is 0.479 e. The number of carboxylic acid groups (broad SMARTS) is 1. The Morgan fingerprint density at radius 2 is 1.85 bits per heavy atom. The smallest absolute Gasteiger partial charge is 0.332 e. The number of benzene rings is 1. The Bertz CT molecular complexity index is 531. The maximum atomic E-state index is 9.47. The summed E-state index contributed by atoms with van der Waals surface area (Å²) in [6.45, 7) is 4.28. The fourth-order valence-corrected chi connectivity index (χ4v) is 0.995. The van der Waals surface area contributed by atoms with E-state index in [1.165, 1.54) is 17.8 Å². The van der Waals surface area contributed by atoms with Crippen molar-refractivity contribution in [3.8, 4) is 0 Å². The highest BCUT2D eigenvalue weighted by Crippen LogP contribution is 2.09. The summed E-state index contributed by atoms with van der Waals surface area (Å²) in [6, 6.07) is 10.3. The highest BCUT2D eigenvalue weighted by Gasteiger charge is 2.01. The number of nitrogens with one attached hydrogen (secondary N) is 1. The summed E-state index contributed by atoms with van der Waals surface area (Å²) < 4.78 is 0. The monoisotopic (exact) mass is 278 g/mol. The van der Waals surface area contributed by atoms with Crippen molar-refractivity contribution in [1.29, 1.82) is 0 Å². The molecule has 0 aliphatic carbocycles. The minimum atomic E-state index is -1.23. The van der Waals surface area contributed by atoms with E-state index in [0.717, 1.165) is 6.08 Å². The van der Waals surface area contributed by atoms with E-state index in [9.17, 15) is 9.59 Å². The van der Waals surface area contributed by atoms with E-state index in [0.29, 0.717) is 0 Å². The molecule has 108 valence electrons. The van der Waals surface area contributed by atoms with Crippen LogP contribution in [0.15, 0.2) is 49.2 Å². The quantitative estimate of drug-likeness (QED) is 0.619. The lowest BCUT2D eigenvalue weighted by molar-refractivity contribution is -0.145. The summed E-state index contributed by atoms with van der Waals surface area (Å²) in [6.07, 6.45) is 1.77. The van der Waals surface area contributed by atoms with Crippen molar-refractivity contribution in [1.82, 2.24) is 4.98 Å². The van der Waals surface area contributed by atoms with E-state index in [1.54, 1.807) is 0 Å². The Balaban J connectivity index is 0.000000291. The second-order valence-electron chi connectivity index (χ2n) is 3.69. The normalized spacial score (nSPS) is 10.3. The van der Waals surface area contributed by atoms with Crippen molar-refractivity contribution in [3.63, 3.8) is 0 Å². The van der Waals surface area contributed by atoms with Crippen LogP contribution in [0.3, 0.4) is 0 Å². The number of amides is 1. The van der Waals surface area contributed by atoms with Crippen LogP contribution in [-0.4, -0.2) is 33.2 Å². The molecule has 1 unspecified atom stereocenters. The van der Waals surface area contributed by atoms with Gasteiger partial charge in [-0.15, -0.1) is 0 Å². The van der Waals surface area contributed by atoms with Gasteiger partial charge in [-0.2, -0.15) is 0 Å². The van der Waals surface area contributed by atoms with Gasteiger partial charge in [0.25, 0.3) is 0 Å². The molecule has 0 aliphatic rings. The van der Waals surface area contributed by atoms with Crippen molar-refractivity contribution >= 4 is 22.8 Å². The fraction of sp³-hybridized carbons (Fsp3) is 0.143. The van der Waals surface area contributed by atoms with E-state index in [1.807, 2.05) is 18.3 Å². The molecule has 0 aliphatic heterocycles. The summed E-state index contributed by atoms with van der Waals surface area (Å²) in [5.74, 6) is -1.67. The average Bonchev–Trinajstić information content (AvgIpc) is 2.88. The van der Waals surface area contributed by atoms with Crippen LogP contribution in [0.1, 0.15) is 6.92 Å². The molecule has 2 rings (SSSR count). The van der Waals surface area contributed by atoms with E-state index in [2.05, 4.69) is 35.5 Å². The molecule has 0 fully saturated rings. The molecule has 20 heavy (non-hydrogen) atoms. The maximum Gasteiger partial charge on any atom is 0.332 e. The molecule has 1 heterocycles. The number of primary amides is 1. The third-order valence-corrected chi connectivity index (χ3v) is 2.02. The minimum absolute atomic E-state index is 0.481. The standard InChI is InChI=1S/C8H7N.C3H5NO.C3H6O3/c1-2-4-8-7(3-1)5-6-9-8;1-2-3(4)5;1-2(4)3(5)6/h1-6,9H;2H,1H2,(H2,4,5);2,4H,1H3,(H,5,6). The van der Waals surface area contributed by atoms with Crippen LogP contribution >= 0.6 is 0 Å². The topological polar surface area (TPSA) is 116 Å². The van der Waals surface area contributed by atoms with Gasteiger partial charge >= 0.3 is 5.97 Å². The van der Waals surface area contributed by atoms with Crippen molar-refractivity contribution in [2.24, 2.45) is 5.73 Å². The number of aliphatic hydroxyl groups excluding tert-OH is 1. The van der Waals surface area contributed by atoms with Crippen LogP contribution in [0.25, 0.3) is 10.9 Å². The molecule has 1 aromatic carbocycles. The summed E-state index contributed by atoms with van der Waals surface area (Å²) in [5, 5.41) is 17.0. The number of hydrogen-bond acceptors (Lipinski definition) is 3. The number of para-hydroxylation sites is 1. The number of carbonyl (C=O) groups excluding carboxylic acids is 1. The lowest BCUT2D eigenvalue weighted by atomic mass is 10.3. The van der Waals surface area contributed by atoms with Gasteiger partial charge in [0.2, 0.25) is 5.91 Å². The van der Waals surface area contributed by atoms with Gasteiger partial charge in [-0.25, -0.2) is 4.79 Å². The summed E-state index contributed by atoms with van der Waals surface area (Å²) in [7, 11) is 0. The molecule has 1 amide bonds. The van der Waals surface area contributed by atoms with Gasteiger partial charge in [-0.1, -0.05) is 24.8 Å². The number of H-pyrrole nitrogens is 1. The number of carbonyl (C=O) groups is 2. The maximum absolute atomic E-state index is 9.47. The SMILES string of the molecule is C=CC(N)=O.CC(O)C(=O)O.c1ccc2[nH]ccc2c1. The molecular formula is C14H18N2O4. The molecule has 0 saturated carbocycles. The fourth-order valence-electron chi connectivity index (χ4n) is 0.995. The van der Waals surface area contributed by atoms with Gasteiger partial charge in [0.1, 0.15) is 6.10 Å². The van der Waals surface area contributed by atoms with E-state index in [-0.39, 0.29) is 0 Å². The number of rotatable bonds is 2. The number of aromatic amines is 1. The minimum Gasteiger partial charge on any atom is -0.479 e. The second kappa shape index (κ2) is 9.35. The molecule has 0 saturated heterocycles. The van der Waals surface area contributed by atoms with Gasteiger partial charge in [-0.05, 0) is 30.5 Å². The molecule has 1 aromatic heterocycles. The van der Waals surface area contributed by atoms with Crippen LogP contribution in [0.5, 0.6) is 0 Å². The first-order valence-corrected chi connectivity index (χ1v) is 5.73. The first kappa shape index (κ1) is 17.4. The predicted octanol–water partition coefficient (Wildman–Crippen LogP) is 1.28. The third-order valence-electron chi connectivity index (χ3n) is 2.02. The van der Waals surface area contributed by atoms with Crippen LogP contribution < -0.4 is 5.73 Å². The molecule has 0 spiro atoms. The van der Waals surface area contributed by atoms with E-state index >= 15 is 0 Å². The molecule has 0 radical (unpaired) electrons. The zero-order valence-electron chi connectivity index (χ0n) is 11.1. The van der Waals surface area contributed by atoms with Crippen LogP contribution in [0.2, 0.25) is 0 Å². The van der Waals surface area contributed by atoms with Crippen molar-refractivity contribution < 1.29 is 19.8 Å². The Morgan fingerprint density at radius 3 is 2.25 bits per heavy atom. The van der Waals surface area contributed by atoms with Gasteiger partial charge in [0.15, 0.2) is 0 Å². The van der Waals surface area contributed by atoms with Gasteiger partial charge in [-0.3, -0.25) is 4.79 Å². The summed E-state index contributed by atoms with van der Waals surface area (Å²) >= 11 is 0. The van der Waals surface area contributed by atoms with Gasteiger partial charge in [0.05, 0.1) is 0 Å². The van der Waals surface area contributed by atoms with Crippen LogP contribution in [0.4, 0.5) is 0 Å². The average molecular weight is 278 g/mol. The lowest BCUT2D eigenvalue weighted by Crippen LogP contribution is -2.13. The highest BCUT2D eigenvalue weighted by molar-refractivity contribution is 5.85. The molecular weight excluding hydrogens is 260 g/mol. The zero-order valence-corrected chi connectivity index (χ0v) is 11.1. The zero-order chi connectivity index (χ0) is 15.5. The summed E-state index contributed by atoms with van der Waals surface area (Å²) in [5.41, 5.74) is 5.74. The molecule has 6 nitrogen and oxygen atoms in total. The first-order chi connectivity index (χ1) is 9.38.